The molecule has 4 aromatic heterocycles. The molecule has 0 aliphatic rings. The Morgan fingerprint density at radius 3 is 2.97 bits per heavy atom. The number of nitrogens with zero attached hydrogens (tertiary/aromatic N) is 7. The molecule has 32 heavy (non-hydrogen) atoms. The number of pyridine rings is 2. The minimum atomic E-state index is 0.529. The van der Waals surface area contributed by atoms with Gasteiger partial charge in [-0.2, -0.15) is 0 Å². The summed E-state index contributed by atoms with van der Waals surface area (Å²) in [6.07, 6.45) is 7.75. The highest BCUT2D eigenvalue weighted by atomic mass is 16.5. The van der Waals surface area contributed by atoms with E-state index in [1.54, 1.807) is 30.4 Å². The Morgan fingerprint density at radius 2 is 2.03 bits per heavy atom. The molecule has 1 N–H and O–H groups in total. The van der Waals surface area contributed by atoms with Gasteiger partial charge in [-0.05, 0) is 35.4 Å². The number of methoxy groups -OCH3 is 1. The van der Waals surface area contributed by atoms with Crippen molar-refractivity contribution in [2.75, 3.05) is 25.6 Å². The molecule has 0 radical (unpaired) electrons. The molecule has 5 rings (SSSR count). The lowest BCUT2D eigenvalue weighted by atomic mass is 10.1. The molecule has 9 heteroatoms. The van der Waals surface area contributed by atoms with E-state index < -0.39 is 0 Å². The predicted octanol–water partition coefficient (Wildman–Crippen LogP) is 2.86. The molecule has 0 saturated heterocycles. The van der Waals surface area contributed by atoms with Crippen molar-refractivity contribution in [3.63, 3.8) is 0 Å². The van der Waals surface area contributed by atoms with Crippen molar-refractivity contribution >= 4 is 27.9 Å². The van der Waals surface area contributed by atoms with Crippen molar-refractivity contribution in [1.82, 2.24) is 34.9 Å². The largest absolute Gasteiger partial charge is 0.383 e. The Kier molecular flexibility index (Phi) is 5.63. The van der Waals surface area contributed by atoms with Crippen LogP contribution in [0.25, 0.3) is 22.2 Å². The van der Waals surface area contributed by atoms with Crippen LogP contribution in [0, 0.1) is 0 Å². The second-order valence-corrected chi connectivity index (χ2v) is 7.42. The number of aromatic nitrogens is 7. The summed E-state index contributed by atoms with van der Waals surface area (Å²) in [6, 6.07) is 12.1. The molecule has 0 saturated carbocycles. The fraction of sp³-hybridized carbons (Fsp3) is 0.217. The third-order valence-electron chi connectivity index (χ3n) is 5.17. The summed E-state index contributed by atoms with van der Waals surface area (Å²) < 4.78 is 6.91. The standard InChI is InChI=1S/C23H22N8O/c1-32-10-9-26-21-6-8-24-13-18(21)12-19-14-27-22-23(28-19)31(30-29-22)15-16-4-5-20-17(11-16)3-2-7-25-20/h2-8,11,13-14H,9-10,12,15H2,1H3,(H,24,26). The van der Waals surface area contributed by atoms with Gasteiger partial charge in [0.25, 0.3) is 0 Å². The van der Waals surface area contributed by atoms with Crippen molar-refractivity contribution < 1.29 is 4.74 Å². The molecule has 1 aromatic carbocycles. The average molecular weight is 426 g/mol. The first-order chi connectivity index (χ1) is 15.8. The second kappa shape index (κ2) is 9.03. The summed E-state index contributed by atoms with van der Waals surface area (Å²) in [5, 5.41) is 12.9. The molecular weight excluding hydrogens is 404 g/mol. The fourth-order valence-electron chi connectivity index (χ4n) is 3.60. The Labute approximate surface area is 184 Å². The van der Waals surface area contributed by atoms with Gasteiger partial charge in [0.1, 0.15) is 0 Å². The van der Waals surface area contributed by atoms with Crippen LogP contribution in [0.1, 0.15) is 16.8 Å². The normalized spacial score (nSPS) is 11.3. The number of benzene rings is 1. The Balaban J connectivity index is 1.40. The number of rotatable bonds is 8. The predicted molar refractivity (Wildman–Crippen MR) is 121 cm³/mol. The highest BCUT2D eigenvalue weighted by Gasteiger charge is 2.12. The van der Waals surface area contributed by atoms with Gasteiger partial charge >= 0.3 is 0 Å². The van der Waals surface area contributed by atoms with Crippen molar-refractivity contribution in [1.29, 1.82) is 0 Å². The molecule has 4 heterocycles. The molecule has 9 nitrogen and oxygen atoms in total. The van der Waals surface area contributed by atoms with Crippen LogP contribution in [0.2, 0.25) is 0 Å². The lowest BCUT2D eigenvalue weighted by Crippen LogP contribution is -2.10. The van der Waals surface area contributed by atoms with E-state index in [4.69, 9.17) is 9.72 Å². The van der Waals surface area contributed by atoms with Crippen molar-refractivity contribution in [3.05, 3.63) is 78.0 Å². The summed E-state index contributed by atoms with van der Waals surface area (Å²) in [7, 11) is 1.69. The Bertz CT molecular complexity index is 1370. The van der Waals surface area contributed by atoms with Crippen molar-refractivity contribution in [3.8, 4) is 0 Å². The number of hydrogen-bond donors (Lipinski definition) is 1. The number of fused-ring (bicyclic) bond motifs is 2. The van der Waals surface area contributed by atoms with Crippen LogP contribution in [-0.4, -0.2) is 55.2 Å². The topological polar surface area (TPSA) is 104 Å². The highest BCUT2D eigenvalue weighted by Crippen LogP contribution is 2.19. The SMILES string of the molecule is COCCNc1ccncc1Cc1cnc2nnn(Cc3ccc4ncccc4c3)c2n1. The van der Waals surface area contributed by atoms with Crippen LogP contribution < -0.4 is 5.32 Å². The highest BCUT2D eigenvalue weighted by molar-refractivity contribution is 5.79. The summed E-state index contributed by atoms with van der Waals surface area (Å²) in [5.74, 6) is 0. The zero-order valence-electron chi connectivity index (χ0n) is 17.6. The number of ether oxygens (including phenoxy) is 1. The van der Waals surface area contributed by atoms with E-state index in [0.717, 1.165) is 40.0 Å². The molecule has 0 amide bonds. The molecule has 0 unspecified atom stereocenters. The van der Waals surface area contributed by atoms with Crippen LogP contribution in [-0.2, 0) is 17.7 Å². The molecule has 0 aliphatic heterocycles. The van der Waals surface area contributed by atoms with Gasteiger partial charge in [0.15, 0.2) is 5.65 Å². The third kappa shape index (κ3) is 4.23. The summed E-state index contributed by atoms with van der Waals surface area (Å²) in [6.45, 7) is 1.90. The molecule has 0 atom stereocenters. The fourth-order valence-corrected chi connectivity index (χ4v) is 3.60. The van der Waals surface area contributed by atoms with E-state index in [2.05, 4.69) is 42.7 Å². The quantitative estimate of drug-likeness (QED) is 0.378. The van der Waals surface area contributed by atoms with E-state index in [9.17, 15) is 0 Å². The zero-order valence-corrected chi connectivity index (χ0v) is 17.6. The van der Waals surface area contributed by atoms with Crippen LogP contribution in [0.4, 0.5) is 5.69 Å². The van der Waals surface area contributed by atoms with Crippen LogP contribution in [0.15, 0.2) is 61.2 Å². The average Bonchev–Trinajstić information content (AvgIpc) is 3.22. The van der Waals surface area contributed by atoms with Gasteiger partial charge in [0.2, 0.25) is 5.65 Å². The molecular formula is C23H22N8O. The first kappa shape index (κ1) is 20.0. The maximum absolute atomic E-state index is 5.13. The minimum absolute atomic E-state index is 0.529. The van der Waals surface area contributed by atoms with Gasteiger partial charge in [0, 0.05) is 49.7 Å². The summed E-state index contributed by atoms with van der Waals surface area (Å²) >= 11 is 0. The van der Waals surface area contributed by atoms with Gasteiger partial charge in [-0.15, -0.1) is 5.10 Å². The van der Waals surface area contributed by atoms with Crippen molar-refractivity contribution in [2.24, 2.45) is 0 Å². The summed E-state index contributed by atoms with van der Waals surface area (Å²) in [5.41, 5.74) is 6.13. The van der Waals surface area contributed by atoms with Crippen LogP contribution >= 0.6 is 0 Å². The van der Waals surface area contributed by atoms with Crippen LogP contribution in [0.5, 0.6) is 0 Å². The lowest BCUT2D eigenvalue weighted by molar-refractivity contribution is 0.211. The van der Waals surface area contributed by atoms with E-state index in [1.807, 2.05) is 30.5 Å². The van der Waals surface area contributed by atoms with Gasteiger partial charge in [-0.1, -0.05) is 17.3 Å². The smallest absolute Gasteiger partial charge is 0.221 e. The molecule has 0 spiro atoms. The van der Waals surface area contributed by atoms with E-state index in [1.165, 1.54) is 0 Å². The lowest BCUT2D eigenvalue weighted by Gasteiger charge is -2.11. The van der Waals surface area contributed by atoms with Gasteiger partial charge in [-0.3, -0.25) is 9.97 Å². The van der Waals surface area contributed by atoms with E-state index >= 15 is 0 Å². The number of anilines is 1. The number of hydrogen-bond acceptors (Lipinski definition) is 8. The Morgan fingerprint density at radius 1 is 1.06 bits per heavy atom. The van der Waals surface area contributed by atoms with E-state index in [0.29, 0.717) is 30.9 Å². The molecule has 0 fully saturated rings. The molecule has 0 bridgehead atoms. The maximum Gasteiger partial charge on any atom is 0.221 e. The summed E-state index contributed by atoms with van der Waals surface area (Å²) in [4.78, 5) is 17.9. The zero-order chi connectivity index (χ0) is 21.8. The maximum atomic E-state index is 5.13. The first-order valence-corrected chi connectivity index (χ1v) is 10.3. The van der Waals surface area contributed by atoms with E-state index in [-0.39, 0.29) is 0 Å². The van der Waals surface area contributed by atoms with Crippen molar-refractivity contribution in [2.45, 2.75) is 13.0 Å². The minimum Gasteiger partial charge on any atom is -0.383 e. The van der Waals surface area contributed by atoms with Gasteiger partial charge < -0.3 is 10.1 Å². The molecule has 0 aliphatic carbocycles. The number of nitrogens with one attached hydrogen (secondary N) is 1. The molecule has 160 valence electrons. The monoisotopic (exact) mass is 426 g/mol. The Hall–Kier alpha value is -3.98. The van der Waals surface area contributed by atoms with Gasteiger partial charge in [-0.25, -0.2) is 14.6 Å². The molecule has 5 aromatic rings. The van der Waals surface area contributed by atoms with Gasteiger partial charge in [0.05, 0.1) is 30.6 Å². The third-order valence-corrected chi connectivity index (χ3v) is 5.17. The first-order valence-electron chi connectivity index (χ1n) is 10.3. The second-order valence-electron chi connectivity index (χ2n) is 7.42. The van der Waals surface area contributed by atoms with Crippen LogP contribution in [0.3, 0.4) is 0 Å².